The molecule has 0 aliphatic heterocycles. The number of nitrogens with zero attached hydrogens (tertiary/aromatic N) is 3. The maximum Gasteiger partial charge on any atom is 0.125 e. The van der Waals surface area contributed by atoms with Gasteiger partial charge >= 0.3 is 0 Å². The van der Waals surface area contributed by atoms with E-state index in [1.54, 1.807) is 6.20 Å². The summed E-state index contributed by atoms with van der Waals surface area (Å²) in [5.41, 5.74) is 3.01. The highest BCUT2D eigenvalue weighted by molar-refractivity contribution is 6.31. The van der Waals surface area contributed by atoms with Crippen molar-refractivity contribution in [2.45, 2.75) is 12.4 Å². The number of imidazole rings is 1. The van der Waals surface area contributed by atoms with Crippen LogP contribution >= 0.6 is 23.2 Å². The van der Waals surface area contributed by atoms with Crippen LogP contribution in [-0.4, -0.2) is 14.5 Å². The van der Waals surface area contributed by atoms with Crippen molar-refractivity contribution < 1.29 is 0 Å². The van der Waals surface area contributed by atoms with Crippen molar-refractivity contribution in [2.75, 3.05) is 0 Å². The molecule has 0 radical (unpaired) electrons. The summed E-state index contributed by atoms with van der Waals surface area (Å²) in [5.74, 6) is 1.20. The SMILES string of the molecule is ClCc1nc2cc(Cl)ccc2n1Cc1cccnc1. The van der Waals surface area contributed by atoms with E-state index in [1.807, 2.05) is 36.5 Å². The fourth-order valence-corrected chi connectivity index (χ4v) is 2.48. The number of rotatable bonds is 3. The minimum absolute atomic E-state index is 0.368. The van der Waals surface area contributed by atoms with E-state index >= 15 is 0 Å². The van der Waals surface area contributed by atoms with E-state index in [1.165, 1.54) is 0 Å². The van der Waals surface area contributed by atoms with Gasteiger partial charge in [-0.3, -0.25) is 4.98 Å². The van der Waals surface area contributed by atoms with Crippen molar-refractivity contribution in [3.8, 4) is 0 Å². The molecule has 0 N–H and O–H groups in total. The lowest BCUT2D eigenvalue weighted by molar-refractivity contribution is 0.775. The van der Waals surface area contributed by atoms with Gasteiger partial charge in [0.1, 0.15) is 5.82 Å². The molecule has 3 nitrogen and oxygen atoms in total. The molecule has 1 aromatic carbocycles. The molecule has 0 unspecified atom stereocenters. The first-order chi connectivity index (χ1) is 9.28. The standard InChI is InChI=1S/C14H11Cl2N3/c15-7-14-18-12-6-11(16)3-4-13(12)19(14)9-10-2-1-5-17-8-10/h1-6,8H,7,9H2. The molecule has 0 saturated heterocycles. The summed E-state index contributed by atoms with van der Waals surface area (Å²) in [6, 6.07) is 9.64. The third-order valence-corrected chi connectivity index (χ3v) is 3.45. The highest BCUT2D eigenvalue weighted by Gasteiger charge is 2.10. The minimum atomic E-state index is 0.368. The number of fused-ring (bicyclic) bond motifs is 1. The average molecular weight is 292 g/mol. The Labute approximate surface area is 120 Å². The minimum Gasteiger partial charge on any atom is -0.322 e. The van der Waals surface area contributed by atoms with Gasteiger partial charge < -0.3 is 4.57 Å². The van der Waals surface area contributed by atoms with Crippen molar-refractivity contribution in [3.63, 3.8) is 0 Å². The van der Waals surface area contributed by atoms with E-state index < -0.39 is 0 Å². The average Bonchev–Trinajstić information content (AvgIpc) is 2.77. The Balaban J connectivity index is 2.11. The Morgan fingerprint density at radius 1 is 1.21 bits per heavy atom. The van der Waals surface area contributed by atoms with Crippen LogP contribution in [0.4, 0.5) is 0 Å². The Morgan fingerprint density at radius 2 is 2.11 bits per heavy atom. The van der Waals surface area contributed by atoms with Gasteiger partial charge in [0.2, 0.25) is 0 Å². The van der Waals surface area contributed by atoms with Crippen LogP contribution in [0.1, 0.15) is 11.4 Å². The van der Waals surface area contributed by atoms with Gasteiger partial charge in [-0.25, -0.2) is 4.98 Å². The van der Waals surface area contributed by atoms with E-state index in [0.29, 0.717) is 17.4 Å². The van der Waals surface area contributed by atoms with Crippen molar-refractivity contribution >= 4 is 34.2 Å². The molecule has 0 spiro atoms. The molecular formula is C14H11Cl2N3. The van der Waals surface area contributed by atoms with Gasteiger partial charge in [-0.1, -0.05) is 17.7 Å². The van der Waals surface area contributed by atoms with Crippen molar-refractivity contribution in [1.82, 2.24) is 14.5 Å². The van der Waals surface area contributed by atoms with E-state index in [2.05, 4.69) is 14.5 Å². The highest BCUT2D eigenvalue weighted by Crippen LogP contribution is 2.22. The molecule has 3 aromatic rings. The number of pyridine rings is 1. The predicted octanol–water partition coefficient (Wildman–Crippen LogP) is 3.87. The largest absolute Gasteiger partial charge is 0.322 e. The van der Waals surface area contributed by atoms with E-state index in [-0.39, 0.29) is 0 Å². The molecule has 0 fully saturated rings. The maximum atomic E-state index is 5.99. The van der Waals surface area contributed by atoms with Gasteiger partial charge in [-0.15, -0.1) is 11.6 Å². The first-order valence-electron chi connectivity index (χ1n) is 5.87. The van der Waals surface area contributed by atoms with Crippen molar-refractivity contribution in [1.29, 1.82) is 0 Å². The topological polar surface area (TPSA) is 30.7 Å². The van der Waals surface area contributed by atoms with Crippen LogP contribution in [-0.2, 0) is 12.4 Å². The lowest BCUT2D eigenvalue weighted by Gasteiger charge is -2.07. The quantitative estimate of drug-likeness (QED) is 0.686. The Hall–Kier alpha value is -1.58. The van der Waals surface area contributed by atoms with Crippen LogP contribution < -0.4 is 0 Å². The Bertz CT molecular complexity index is 707. The smallest absolute Gasteiger partial charge is 0.125 e. The molecule has 0 saturated carbocycles. The maximum absolute atomic E-state index is 5.99. The van der Waals surface area contributed by atoms with Crippen LogP contribution in [0.2, 0.25) is 5.02 Å². The lowest BCUT2D eigenvalue weighted by atomic mass is 10.2. The van der Waals surface area contributed by atoms with Gasteiger partial charge in [-0.05, 0) is 29.8 Å². The number of benzene rings is 1. The third kappa shape index (κ3) is 2.44. The number of hydrogen-bond acceptors (Lipinski definition) is 2. The van der Waals surface area contributed by atoms with Gasteiger partial charge in [-0.2, -0.15) is 0 Å². The molecule has 3 rings (SSSR count). The summed E-state index contributed by atoms with van der Waals surface area (Å²) in [6.45, 7) is 0.702. The van der Waals surface area contributed by atoms with Crippen LogP contribution in [0.25, 0.3) is 11.0 Å². The first-order valence-corrected chi connectivity index (χ1v) is 6.78. The fraction of sp³-hybridized carbons (Fsp3) is 0.143. The number of halogens is 2. The summed E-state index contributed by atoms with van der Waals surface area (Å²) < 4.78 is 2.09. The molecule has 0 bridgehead atoms. The van der Waals surface area contributed by atoms with E-state index in [0.717, 1.165) is 22.4 Å². The van der Waals surface area contributed by atoms with Gasteiger partial charge in [0.15, 0.2) is 0 Å². The van der Waals surface area contributed by atoms with Crippen LogP contribution in [0.3, 0.4) is 0 Å². The van der Waals surface area contributed by atoms with Crippen molar-refractivity contribution in [2.24, 2.45) is 0 Å². The van der Waals surface area contributed by atoms with Crippen LogP contribution in [0, 0.1) is 0 Å². The number of alkyl halides is 1. The summed E-state index contributed by atoms with van der Waals surface area (Å²) in [5, 5.41) is 0.680. The molecule has 96 valence electrons. The Kier molecular flexibility index (Phi) is 3.40. The summed E-state index contributed by atoms with van der Waals surface area (Å²) in [6.07, 6.45) is 3.61. The van der Waals surface area contributed by atoms with Gasteiger partial charge in [0, 0.05) is 17.4 Å². The number of hydrogen-bond donors (Lipinski definition) is 0. The Morgan fingerprint density at radius 3 is 2.84 bits per heavy atom. The molecule has 0 atom stereocenters. The first kappa shape index (κ1) is 12.5. The van der Waals surface area contributed by atoms with Gasteiger partial charge in [0.05, 0.1) is 23.5 Å². The molecule has 2 aromatic heterocycles. The third-order valence-electron chi connectivity index (χ3n) is 2.97. The second-order valence-electron chi connectivity index (χ2n) is 4.24. The molecule has 19 heavy (non-hydrogen) atoms. The van der Waals surface area contributed by atoms with E-state index in [4.69, 9.17) is 23.2 Å². The van der Waals surface area contributed by atoms with Crippen LogP contribution in [0.5, 0.6) is 0 Å². The molecule has 0 aliphatic rings. The number of aromatic nitrogens is 3. The molecule has 0 amide bonds. The van der Waals surface area contributed by atoms with Crippen LogP contribution in [0.15, 0.2) is 42.7 Å². The molecule has 5 heteroatoms. The molecule has 2 heterocycles. The second kappa shape index (κ2) is 5.19. The summed E-state index contributed by atoms with van der Waals surface area (Å²) >= 11 is 12.0. The monoisotopic (exact) mass is 291 g/mol. The molecular weight excluding hydrogens is 281 g/mol. The normalized spacial score (nSPS) is 11.1. The zero-order valence-electron chi connectivity index (χ0n) is 10.1. The zero-order valence-corrected chi connectivity index (χ0v) is 11.6. The zero-order chi connectivity index (χ0) is 13.2. The lowest BCUT2D eigenvalue weighted by Crippen LogP contribution is -2.03. The molecule has 0 aliphatic carbocycles. The van der Waals surface area contributed by atoms with Crippen molar-refractivity contribution in [3.05, 3.63) is 59.1 Å². The summed E-state index contributed by atoms with van der Waals surface area (Å²) in [7, 11) is 0. The van der Waals surface area contributed by atoms with E-state index in [9.17, 15) is 0 Å². The summed E-state index contributed by atoms with van der Waals surface area (Å²) in [4.78, 5) is 8.64. The highest BCUT2D eigenvalue weighted by atomic mass is 35.5. The second-order valence-corrected chi connectivity index (χ2v) is 4.95. The fourth-order valence-electron chi connectivity index (χ4n) is 2.11. The van der Waals surface area contributed by atoms with Gasteiger partial charge in [0.25, 0.3) is 0 Å². The predicted molar refractivity (Wildman–Crippen MR) is 77.6 cm³/mol.